The second kappa shape index (κ2) is 15.9. The number of nitrogens with zero attached hydrogens (tertiary/aromatic N) is 2. The van der Waals surface area contributed by atoms with Gasteiger partial charge in [0.05, 0.1) is 22.3 Å². The molecule has 0 saturated carbocycles. The first-order chi connectivity index (χ1) is 22.0. The lowest BCUT2D eigenvalue weighted by Crippen LogP contribution is -2.11. The van der Waals surface area contributed by atoms with E-state index in [0.29, 0.717) is 0 Å². The summed E-state index contributed by atoms with van der Waals surface area (Å²) in [6.45, 7) is 25.9. The van der Waals surface area contributed by atoms with Crippen molar-refractivity contribution in [3.05, 3.63) is 93.4 Å². The Bertz CT molecular complexity index is 1690. The fraction of sp³-hybridized carbons (Fsp3) is 0.435. The van der Waals surface area contributed by atoms with E-state index in [1.165, 1.54) is 0 Å². The van der Waals surface area contributed by atoms with Crippen LogP contribution in [0.15, 0.2) is 82.3 Å². The minimum absolute atomic E-state index is 0.202. The molecule has 0 aliphatic carbocycles. The van der Waals surface area contributed by atoms with Crippen LogP contribution in [-0.2, 0) is 0 Å². The molecule has 0 atom stereocenters. The molecule has 0 radical (unpaired) electrons. The number of allylic oxidation sites excluding steroid dienone is 2. The summed E-state index contributed by atoms with van der Waals surface area (Å²) in [6.07, 6.45) is 0. The molecule has 2 aromatic rings. The van der Waals surface area contributed by atoms with E-state index >= 15 is 0 Å². The molecule has 0 bridgehead atoms. The minimum atomic E-state index is -0.234. The summed E-state index contributed by atoms with van der Waals surface area (Å²) in [6, 6.07) is 16.6. The quantitative estimate of drug-likeness (QED) is 0.239. The van der Waals surface area contributed by atoms with Crippen molar-refractivity contribution < 1.29 is 0 Å². The van der Waals surface area contributed by atoms with Gasteiger partial charge < -0.3 is 9.80 Å². The van der Waals surface area contributed by atoms with Crippen LogP contribution in [0.2, 0.25) is 0 Å². The SMILES string of the molecule is CN(C)c1ccc(C#CC(=C=C(C#CC#CC(=C=C(C#Cc2ccc(N(C)C)cc2)C(C)(C)C)C(C)(C)C)C(C)(C)C)C(C)(C)C)cc1. The Hall–Kier alpha value is -4.68. The lowest BCUT2D eigenvalue weighted by Gasteiger charge is -2.20. The van der Waals surface area contributed by atoms with Gasteiger partial charge in [-0.15, -0.1) is 0 Å². The molecule has 250 valence electrons. The molecule has 0 saturated heterocycles. The standard InChI is InChI=1S/C46H56N2/c1-43(2,3)37(33-39(45(7,8)9)27-21-35-23-29-41(30-24-35)47(13)14)19-17-18-20-38(44(4,5)6)34-40(46(10,11)12)28-22-36-25-31-42(32-26-36)48(15)16/h23-26,29-32H,1-16H3. The molecule has 0 aromatic heterocycles. The molecule has 0 unspecified atom stereocenters. The van der Waals surface area contributed by atoms with Crippen LogP contribution in [0.1, 0.15) is 94.2 Å². The Balaban J connectivity index is 2.70. The van der Waals surface area contributed by atoms with Gasteiger partial charge in [0.1, 0.15) is 0 Å². The van der Waals surface area contributed by atoms with E-state index in [-0.39, 0.29) is 21.7 Å². The lowest BCUT2D eigenvalue weighted by molar-refractivity contribution is 0.508. The van der Waals surface area contributed by atoms with Gasteiger partial charge in [0.15, 0.2) is 0 Å². The van der Waals surface area contributed by atoms with Gasteiger partial charge in [0.25, 0.3) is 0 Å². The van der Waals surface area contributed by atoms with Crippen molar-refractivity contribution in [2.24, 2.45) is 21.7 Å². The molecule has 2 aromatic carbocycles. The van der Waals surface area contributed by atoms with Crippen LogP contribution in [-0.4, -0.2) is 28.2 Å². The first-order valence-corrected chi connectivity index (χ1v) is 16.6. The fourth-order valence-corrected chi connectivity index (χ4v) is 4.02. The zero-order chi connectivity index (χ0) is 36.5. The van der Waals surface area contributed by atoms with Crippen molar-refractivity contribution in [2.45, 2.75) is 83.1 Å². The van der Waals surface area contributed by atoms with E-state index in [1.807, 2.05) is 28.2 Å². The van der Waals surface area contributed by atoms with Crippen LogP contribution < -0.4 is 9.80 Å². The summed E-state index contributed by atoms with van der Waals surface area (Å²) < 4.78 is 0. The first kappa shape index (κ1) is 39.5. The highest BCUT2D eigenvalue weighted by molar-refractivity contribution is 5.53. The van der Waals surface area contributed by atoms with Gasteiger partial charge in [-0.3, -0.25) is 0 Å². The van der Waals surface area contributed by atoms with E-state index in [0.717, 1.165) is 44.8 Å². The van der Waals surface area contributed by atoms with Crippen molar-refractivity contribution in [3.63, 3.8) is 0 Å². The van der Waals surface area contributed by atoms with Crippen LogP contribution in [0.4, 0.5) is 11.4 Å². The highest BCUT2D eigenvalue weighted by atomic mass is 15.1. The normalized spacial score (nSPS) is 10.9. The Morgan fingerprint density at radius 2 is 0.646 bits per heavy atom. The molecule has 0 N–H and O–H groups in total. The van der Waals surface area contributed by atoms with Crippen LogP contribution in [0.5, 0.6) is 0 Å². The molecule has 2 nitrogen and oxygen atoms in total. The number of rotatable bonds is 2. The van der Waals surface area contributed by atoms with Crippen molar-refractivity contribution in [2.75, 3.05) is 38.0 Å². The average molecular weight is 637 g/mol. The molecule has 0 fully saturated rings. The topological polar surface area (TPSA) is 6.48 Å². The van der Waals surface area contributed by atoms with Crippen molar-refractivity contribution in [1.82, 2.24) is 0 Å². The maximum Gasteiger partial charge on any atom is 0.0511 e. The predicted molar refractivity (Wildman–Crippen MR) is 210 cm³/mol. The van der Waals surface area contributed by atoms with E-state index in [2.05, 4.69) is 200 Å². The Labute approximate surface area is 294 Å². The monoisotopic (exact) mass is 636 g/mol. The maximum atomic E-state index is 3.61. The Morgan fingerprint density at radius 3 is 0.875 bits per heavy atom. The van der Waals surface area contributed by atoms with E-state index in [9.17, 15) is 0 Å². The molecular weight excluding hydrogens is 581 g/mol. The molecular formula is C46H56N2. The number of hydrogen-bond donors (Lipinski definition) is 0. The number of anilines is 2. The minimum Gasteiger partial charge on any atom is -0.378 e. The Morgan fingerprint density at radius 1 is 0.396 bits per heavy atom. The van der Waals surface area contributed by atoms with E-state index < -0.39 is 0 Å². The Kier molecular flexibility index (Phi) is 13.1. The van der Waals surface area contributed by atoms with E-state index in [4.69, 9.17) is 0 Å². The van der Waals surface area contributed by atoms with E-state index in [1.54, 1.807) is 0 Å². The zero-order valence-corrected chi connectivity index (χ0v) is 32.5. The van der Waals surface area contributed by atoms with Gasteiger partial charge in [-0.25, -0.2) is 0 Å². The summed E-state index contributed by atoms with van der Waals surface area (Å²) in [5.74, 6) is 26.5. The predicted octanol–water partition coefficient (Wildman–Crippen LogP) is 10.3. The third-order valence-electron chi connectivity index (χ3n) is 7.37. The van der Waals surface area contributed by atoms with Crippen molar-refractivity contribution in [3.8, 4) is 47.4 Å². The average Bonchev–Trinajstić information content (AvgIpc) is 2.95. The number of benzene rings is 2. The maximum absolute atomic E-state index is 3.61. The summed E-state index contributed by atoms with van der Waals surface area (Å²) in [7, 11) is 8.14. The second-order valence-electron chi connectivity index (χ2n) is 16.6. The van der Waals surface area contributed by atoms with Gasteiger partial charge in [0.2, 0.25) is 0 Å². The third-order valence-corrected chi connectivity index (χ3v) is 7.37. The van der Waals surface area contributed by atoms with Gasteiger partial charge in [-0.2, -0.15) is 0 Å². The largest absolute Gasteiger partial charge is 0.378 e. The van der Waals surface area contributed by atoms with Crippen molar-refractivity contribution in [1.29, 1.82) is 0 Å². The fourth-order valence-electron chi connectivity index (χ4n) is 4.02. The van der Waals surface area contributed by atoms with Gasteiger partial charge in [-0.1, -0.05) is 118 Å². The van der Waals surface area contributed by atoms with Gasteiger partial charge >= 0.3 is 0 Å². The van der Waals surface area contributed by atoms with Gasteiger partial charge in [0, 0.05) is 72.4 Å². The molecule has 48 heavy (non-hydrogen) atoms. The molecule has 2 heteroatoms. The zero-order valence-electron chi connectivity index (χ0n) is 32.5. The summed E-state index contributed by atoms with van der Waals surface area (Å²) in [5.41, 5.74) is 14.1. The second-order valence-corrected chi connectivity index (χ2v) is 16.6. The molecule has 0 aliphatic rings. The molecule has 0 amide bonds. The lowest BCUT2D eigenvalue weighted by atomic mass is 9.82. The molecule has 2 rings (SSSR count). The summed E-state index contributed by atoms with van der Waals surface area (Å²) in [5, 5.41) is 0. The smallest absolute Gasteiger partial charge is 0.0511 e. The molecule has 0 spiro atoms. The van der Waals surface area contributed by atoms with Crippen LogP contribution in [0.3, 0.4) is 0 Å². The highest BCUT2D eigenvalue weighted by Crippen LogP contribution is 2.30. The van der Waals surface area contributed by atoms with Crippen LogP contribution in [0, 0.1) is 69.0 Å². The molecule has 0 heterocycles. The summed E-state index contributed by atoms with van der Waals surface area (Å²) >= 11 is 0. The first-order valence-electron chi connectivity index (χ1n) is 16.6. The third kappa shape index (κ3) is 12.8. The number of hydrogen-bond acceptors (Lipinski definition) is 2. The van der Waals surface area contributed by atoms with Crippen molar-refractivity contribution >= 4 is 11.4 Å². The summed E-state index contributed by atoms with van der Waals surface area (Å²) in [4.78, 5) is 4.16. The molecule has 0 aliphatic heterocycles. The van der Waals surface area contributed by atoms with Crippen LogP contribution >= 0.6 is 0 Å². The highest BCUT2D eigenvalue weighted by Gasteiger charge is 2.21. The van der Waals surface area contributed by atoms with Crippen LogP contribution in [0.25, 0.3) is 0 Å². The van der Waals surface area contributed by atoms with Gasteiger partial charge in [-0.05, 0) is 72.2 Å².